The normalized spacial score (nSPS) is 15.9. The van der Waals surface area contributed by atoms with Crippen LogP contribution in [-0.4, -0.2) is 10.9 Å². The highest BCUT2D eigenvalue weighted by molar-refractivity contribution is 6.02. The molecule has 1 aliphatic carbocycles. The number of ether oxygens (including phenoxy) is 1. The van der Waals surface area contributed by atoms with Gasteiger partial charge in [-0.25, -0.2) is 0 Å². The van der Waals surface area contributed by atoms with E-state index < -0.39 is 0 Å². The van der Waals surface area contributed by atoms with Gasteiger partial charge in [0.15, 0.2) is 0 Å². The number of hydrogen-bond acceptors (Lipinski definition) is 3. The van der Waals surface area contributed by atoms with Crippen LogP contribution in [0.15, 0.2) is 53.7 Å². The SMILES string of the molecule is ON=C1CCCc2ccc(OCc3ccccc3)cc21. The van der Waals surface area contributed by atoms with Crippen LogP contribution in [0, 0.1) is 0 Å². The zero-order valence-electron chi connectivity index (χ0n) is 11.2. The smallest absolute Gasteiger partial charge is 0.120 e. The van der Waals surface area contributed by atoms with Crippen LogP contribution in [0.2, 0.25) is 0 Å². The van der Waals surface area contributed by atoms with Crippen molar-refractivity contribution in [2.75, 3.05) is 0 Å². The molecule has 20 heavy (non-hydrogen) atoms. The molecule has 2 aromatic rings. The molecule has 0 saturated carbocycles. The number of hydrogen-bond donors (Lipinski definition) is 1. The van der Waals surface area contributed by atoms with Gasteiger partial charge in [-0.1, -0.05) is 41.6 Å². The molecule has 0 aromatic heterocycles. The maximum absolute atomic E-state index is 9.08. The Hall–Kier alpha value is -2.29. The Balaban J connectivity index is 1.78. The summed E-state index contributed by atoms with van der Waals surface area (Å²) in [6, 6.07) is 16.1. The monoisotopic (exact) mass is 267 g/mol. The summed E-state index contributed by atoms with van der Waals surface area (Å²) in [4.78, 5) is 0. The molecule has 0 unspecified atom stereocenters. The summed E-state index contributed by atoms with van der Waals surface area (Å²) in [5.74, 6) is 0.815. The molecule has 0 atom stereocenters. The highest BCUT2D eigenvalue weighted by Crippen LogP contribution is 2.26. The maximum atomic E-state index is 9.08. The lowest BCUT2D eigenvalue weighted by atomic mass is 9.90. The van der Waals surface area contributed by atoms with Crippen molar-refractivity contribution >= 4 is 5.71 Å². The maximum Gasteiger partial charge on any atom is 0.120 e. The van der Waals surface area contributed by atoms with E-state index in [4.69, 9.17) is 9.94 Å². The van der Waals surface area contributed by atoms with Crippen LogP contribution in [0.25, 0.3) is 0 Å². The first-order chi connectivity index (χ1) is 9.86. The predicted molar refractivity (Wildman–Crippen MR) is 78.5 cm³/mol. The van der Waals surface area contributed by atoms with E-state index in [2.05, 4.69) is 11.2 Å². The molecule has 0 amide bonds. The lowest BCUT2D eigenvalue weighted by Crippen LogP contribution is -2.12. The first-order valence-electron chi connectivity index (χ1n) is 6.88. The second-order valence-corrected chi connectivity index (χ2v) is 4.99. The van der Waals surface area contributed by atoms with Crippen LogP contribution >= 0.6 is 0 Å². The van der Waals surface area contributed by atoms with Gasteiger partial charge in [0.2, 0.25) is 0 Å². The number of rotatable bonds is 3. The summed E-state index contributed by atoms with van der Waals surface area (Å²) in [5.41, 5.74) is 4.15. The fourth-order valence-corrected chi connectivity index (χ4v) is 2.56. The van der Waals surface area contributed by atoms with Crippen molar-refractivity contribution in [1.29, 1.82) is 0 Å². The van der Waals surface area contributed by atoms with Gasteiger partial charge in [-0.3, -0.25) is 0 Å². The lowest BCUT2D eigenvalue weighted by molar-refractivity contribution is 0.305. The number of oxime groups is 1. The minimum absolute atomic E-state index is 0.547. The molecule has 3 nitrogen and oxygen atoms in total. The highest BCUT2D eigenvalue weighted by atomic mass is 16.5. The standard InChI is InChI=1S/C17H17NO2/c19-18-17-8-4-7-14-9-10-15(11-16(14)17)20-12-13-5-2-1-3-6-13/h1-3,5-6,9-11,19H,4,7-8,12H2. The molecule has 0 heterocycles. The van der Waals surface area contributed by atoms with Crippen LogP contribution in [0.5, 0.6) is 5.75 Å². The number of aryl methyl sites for hydroxylation is 1. The lowest BCUT2D eigenvalue weighted by Gasteiger charge is -2.18. The van der Waals surface area contributed by atoms with Crippen molar-refractivity contribution in [3.63, 3.8) is 0 Å². The van der Waals surface area contributed by atoms with E-state index in [-0.39, 0.29) is 0 Å². The van der Waals surface area contributed by atoms with E-state index in [1.807, 2.05) is 42.5 Å². The van der Waals surface area contributed by atoms with E-state index in [1.165, 1.54) is 5.56 Å². The van der Waals surface area contributed by atoms with Crippen molar-refractivity contribution < 1.29 is 9.94 Å². The average Bonchev–Trinajstić information content (AvgIpc) is 2.53. The van der Waals surface area contributed by atoms with Gasteiger partial charge in [0.05, 0.1) is 5.71 Å². The Kier molecular flexibility index (Phi) is 3.68. The minimum atomic E-state index is 0.547. The third-order valence-electron chi connectivity index (χ3n) is 3.62. The molecule has 0 saturated heterocycles. The first kappa shape index (κ1) is 12.7. The van der Waals surface area contributed by atoms with E-state index in [0.29, 0.717) is 6.61 Å². The van der Waals surface area contributed by atoms with E-state index in [9.17, 15) is 0 Å². The van der Waals surface area contributed by atoms with Crippen molar-refractivity contribution in [1.82, 2.24) is 0 Å². The molecule has 3 heteroatoms. The van der Waals surface area contributed by atoms with E-state index >= 15 is 0 Å². The van der Waals surface area contributed by atoms with Gasteiger partial charge >= 0.3 is 0 Å². The Morgan fingerprint density at radius 3 is 2.70 bits per heavy atom. The van der Waals surface area contributed by atoms with Gasteiger partial charge in [-0.05, 0) is 42.5 Å². The number of nitrogens with zero attached hydrogens (tertiary/aromatic N) is 1. The van der Waals surface area contributed by atoms with Gasteiger partial charge in [-0.15, -0.1) is 0 Å². The fourth-order valence-electron chi connectivity index (χ4n) is 2.56. The van der Waals surface area contributed by atoms with Crippen LogP contribution in [0.4, 0.5) is 0 Å². The second kappa shape index (κ2) is 5.78. The largest absolute Gasteiger partial charge is 0.489 e. The van der Waals surface area contributed by atoms with Gasteiger partial charge < -0.3 is 9.94 Å². The predicted octanol–water partition coefficient (Wildman–Crippen LogP) is 3.78. The molecule has 0 fully saturated rings. The Morgan fingerprint density at radius 1 is 1.05 bits per heavy atom. The molecule has 1 N–H and O–H groups in total. The molecular formula is C17H17NO2. The summed E-state index contributed by atoms with van der Waals surface area (Å²) in [5, 5.41) is 12.5. The molecule has 0 spiro atoms. The summed E-state index contributed by atoms with van der Waals surface area (Å²) in [6.45, 7) is 0.547. The molecule has 102 valence electrons. The minimum Gasteiger partial charge on any atom is -0.489 e. The van der Waals surface area contributed by atoms with Crippen LogP contribution in [0.1, 0.15) is 29.5 Å². The van der Waals surface area contributed by atoms with E-state index in [1.54, 1.807) is 0 Å². The Morgan fingerprint density at radius 2 is 1.90 bits per heavy atom. The molecule has 3 rings (SSSR count). The number of fused-ring (bicyclic) bond motifs is 1. The van der Waals surface area contributed by atoms with Crippen molar-refractivity contribution in [2.45, 2.75) is 25.9 Å². The third-order valence-corrected chi connectivity index (χ3v) is 3.62. The third kappa shape index (κ3) is 2.67. The summed E-state index contributed by atoms with van der Waals surface area (Å²) < 4.78 is 5.81. The van der Waals surface area contributed by atoms with Gasteiger partial charge in [0.25, 0.3) is 0 Å². The molecular weight excluding hydrogens is 250 g/mol. The second-order valence-electron chi connectivity index (χ2n) is 4.99. The summed E-state index contributed by atoms with van der Waals surface area (Å²) in [6.07, 6.45) is 2.90. The van der Waals surface area contributed by atoms with Crippen molar-refractivity contribution in [3.05, 3.63) is 65.2 Å². The van der Waals surface area contributed by atoms with E-state index in [0.717, 1.165) is 41.9 Å². The van der Waals surface area contributed by atoms with Crippen LogP contribution in [-0.2, 0) is 13.0 Å². The molecule has 0 aliphatic heterocycles. The fraction of sp³-hybridized carbons (Fsp3) is 0.235. The van der Waals surface area contributed by atoms with Gasteiger partial charge in [-0.2, -0.15) is 0 Å². The summed E-state index contributed by atoms with van der Waals surface area (Å²) in [7, 11) is 0. The van der Waals surface area contributed by atoms with Crippen molar-refractivity contribution in [2.24, 2.45) is 5.16 Å². The zero-order valence-corrected chi connectivity index (χ0v) is 11.2. The quantitative estimate of drug-likeness (QED) is 0.679. The van der Waals surface area contributed by atoms with Gasteiger partial charge in [0, 0.05) is 5.56 Å². The average molecular weight is 267 g/mol. The molecule has 0 bridgehead atoms. The topological polar surface area (TPSA) is 41.8 Å². The Bertz CT molecular complexity index is 620. The molecule has 0 radical (unpaired) electrons. The Labute approximate surface area is 118 Å². The zero-order chi connectivity index (χ0) is 13.8. The van der Waals surface area contributed by atoms with Crippen LogP contribution < -0.4 is 4.74 Å². The van der Waals surface area contributed by atoms with Crippen molar-refractivity contribution in [3.8, 4) is 5.75 Å². The van der Waals surface area contributed by atoms with Gasteiger partial charge in [0.1, 0.15) is 12.4 Å². The first-order valence-corrected chi connectivity index (χ1v) is 6.88. The number of benzene rings is 2. The highest BCUT2D eigenvalue weighted by Gasteiger charge is 2.16. The van der Waals surface area contributed by atoms with Crippen LogP contribution in [0.3, 0.4) is 0 Å². The summed E-state index contributed by atoms with van der Waals surface area (Å²) >= 11 is 0. The molecule has 2 aromatic carbocycles. The molecule has 1 aliphatic rings.